The molecular weight excluding hydrogens is 966 g/mol. The molecule has 0 saturated carbocycles. The number of guanidine groups is 1. The Balaban J connectivity index is 3.10. The summed E-state index contributed by atoms with van der Waals surface area (Å²) in [5, 5.41) is 39.6. The van der Waals surface area contributed by atoms with Crippen LogP contribution in [0.1, 0.15) is 72.1 Å². The lowest BCUT2D eigenvalue weighted by Crippen LogP contribution is -2.61. The van der Waals surface area contributed by atoms with Gasteiger partial charge in [-0.1, -0.05) is 0 Å². The minimum atomic E-state index is -1.78. The van der Waals surface area contributed by atoms with Gasteiger partial charge in [0.15, 0.2) is 11.7 Å². The zero-order chi connectivity index (χ0) is 51.5. The molecule has 1 aromatic heterocycles. The fourth-order valence-corrected chi connectivity index (χ4v) is 6.23. The van der Waals surface area contributed by atoms with Gasteiger partial charge in [0.2, 0.25) is 47.3 Å². The molecule has 0 radical (unpaired) electrons. The van der Waals surface area contributed by atoms with Crippen LogP contribution in [0.4, 0.5) is 0 Å². The van der Waals surface area contributed by atoms with E-state index in [9.17, 15) is 63.0 Å². The van der Waals surface area contributed by atoms with Gasteiger partial charge >= 0.3 is 5.69 Å². The average molecular weight is 1030 g/mol. The lowest BCUT2D eigenvalue weighted by molar-refractivity contribution is -0.136. The standard InChI is InChI=1S/C39H66BrN15O13/c1-20(42)32(62)50-26(11-8-14-46-38(43)44)34(64)51-25(10-5-7-13-45-30(61)18-55-17-23(40)33(63)54-39(55)68)35(65)52-27(19-56)36(66)53-31(22(3)58)37(67)48-15-28(59)47-16-29(60)49-24(21(2)57)9-4-6-12-41/h17,20,22,24-27,31,56,58H,4-16,18-19,41-42H2,1-3H3,(H,45,61)(H,47,59)(H,48,67)(H,49,60)(H,50,62)(H,51,64)(H,52,65)(H,53,66)(H4,43,44,46)(H,54,63,68)/t20-,22+,24-,25-,26-,27-,31-/m0/s1. The van der Waals surface area contributed by atoms with Crippen LogP contribution in [0.3, 0.4) is 0 Å². The number of nitrogens with two attached hydrogens (primary N) is 4. The number of nitrogens with zero attached hydrogens (tertiary/aromatic N) is 2. The highest BCUT2D eigenvalue weighted by Gasteiger charge is 2.33. The van der Waals surface area contributed by atoms with E-state index in [1.807, 2.05) is 4.98 Å². The second-order valence-electron chi connectivity index (χ2n) is 15.6. The molecule has 0 aliphatic heterocycles. The predicted octanol–water partition coefficient (Wildman–Crippen LogP) is -7.27. The van der Waals surface area contributed by atoms with Gasteiger partial charge in [-0.05, 0) is 94.6 Å². The molecule has 382 valence electrons. The van der Waals surface area contributed by atoms with Gasteiger partial charge in [-0.3, -0.25) is 62.5 Å². The van der Waals surface area contributed by atoms with Crippen LogP contribution >= 0.6 is 15.9 Å². The molecule has 0 bridgehead atoms. The van der Waals surface area contributed by atoms with Crippen molar-refractivity contribution in [1.82, 2.24) is 52.1 Å². The van der Waals surface area contributed by atoms with E-state index in [1.54, 1.807) is 0 Å². The Morgan fingerprint density at radius 3 is 1.85 bits per heavy atom. The number of nitrogens with one attached hydrogen (secondary N) is 9. The first-order valence-corrected chi connectivity index (χ1v) is 22.4. The highest BCUT2D eigenvalue weighted by molar-refractivity contribution is 9.10. The molecule has 28 nitrogen and oxygen atoms in total. The molecule has 7 atom stereocenters. The maximum atomic E-state index is 13.8. The second-order valence-corrected chi connectivity index (χ2v) is 16.4. The van der Waals surface area contributed by atoms with Crippen molar-refractivity contribution in [2.75, 3.05) is 39.3 Å². The molecule has 1 rings (SSSR count). The van der Waals surface area contributed by atoms with E-state index in [1.165, 1.54) is 13.8 Å². The Labute approximate surface area is 399 Å². The molecule has 68 heavy (non-hydrogen) atoms. The summed E-state index contributed by atoms with van der Waals surface area (Å²) in [7, 11) is 0. The molecule has 29 heteroatoms. The van der Waals surface area contributed by atoms with E-state index < -0.39 is 127 Å². The number of hydrogen-bond donors (Lipinski definition) is 15. The number of aliphatic imine (C=N–C) groups is 1. The fourth-order valence-electron chi connectivity index (χ4n) is 5.89. The summed E-state index contributed by atoms with van der Waals surface area (Å²) >= 11 is 2.98. The highest BCUT2D eigenvalue weighted by atomic mass is 79.9. The molecule has 19 N–H and O–H groups in total. The van der Waals surface area contributed by atoms with Crippen LogP contribution in [0.2, 0.25) is 0 Å². The number of aromatic nitrogens is 2. The number of unbranched alkanes of at least 4 members (excludes halogenated alkanes) is 2. The number of carbonyl (C=O) groups is 9. The number of aromatic amines is 1. The van der Waals surface area contributed by atoms with E-state index in [0.717, 1.165) is 17.7 Å². The van der Waals surface area contributed by atoms with Crippen LogP contribution in [-0.4, -0.2) is 160 Å². The van der Waals surface area contributed by atoms with Gasteiger partial charge in [-0.15, -0.1) is 0 Å². The molecular formula is C39H66BrN15O13. The minimum Gasteiger partial charge on any atom is -0.394 e. The summed E-state index contributed by atoms with van der Waals surface area (Å²) in [6, 6.07) is -8.04. The summed E-state index contributed by atoms with van der Waals surface area (Å²) in [4.78, 5) is 145. The first-order valence-electron chi connectivity index (χ1n) is 21.6. The molecule has 8 amide bonds. The van der Waals surface area contributed by atoms with Crippen molar-refractivity contribution in [2.24, 2.45) is 27.9 Å². The quantitative estimate of drug-likeness (QED) is 0.0181. The second kappa shape index (κ2) is 31.6. The summed E-state index contributed by atoms with van der Waals surface area (Å²) in [5.74, 6) is -7.41. The van der Waals surface area contributed by atoms with Gasteiger partial charge in [0, 0.05) is 19.3 Å². The Hall–Kier alpha value is -6.30. The van der Waals surface area contributed by atoms with Gasteiger partial charge < -0.3 is 75.7 Å². The number of hydrogen-bond acceptors (Lipinski definition) is 16. The summed E-state index contributed by atoms with van der Waals surface area (Å²) < 4.78 is 0.983. The minimum absolute atomic E-state index is 0.0185. The van der Waals surface area contributed by atoms with Crippen molar-refractivity contribution in [3.8, 4) is 0 Å². The lowest BCUT2D eigenvalue weighted by atomic mass is 10.1. The van der Waals surface area contributed by atoms with Crippen LogP contribution < -0.4 is 76.7 Å². The van der Waals surface area contributed by atoms with Crippen molar-refractivity contribution in [2.45, 2.75) is 121 Å². The van der Waals surface area contributed by atoms with Gasteiger partial charge in [-0.25, -0.2) is 4.79 Å². The lowest BCUT2D eigenvalue weighted by Gasteiger charge is -2.26. The fraction of sp³-hybridized carbons (Fsp3) is 0.641. The number of aliphatic hydroxyl groups is 2. The smallest absolute Gasteiger partial charge is 0.328 e. The monoisotopic (exact) mass is 1030 g/mol. The van der Waals surface area contributed by atoms with Crippen LogP contribution in [0.5, 0.6) is 0 Å². The largest absolute Gasteiger partial charge is 0.394 e. The number of amides is 8. The Morgan fingerprint density at radius 1 is 0.721 bits per heavy atom. The number of aliphatic hydroxyl groups excluding tert-OH is 2. The normalized spacial score (nSPS) is 13.9. The van der Waals surface area contributed by atoms with Gasteiger partial charge in [0.25, 0.3) is 5.56 Å². The summed E-state index contributed by atoms with van der Waals surface area (Å²) in [6.07, 6.45) is 1.51. The van der Waals surface area contributed by atoms with Crippen LogP contribution in [0.15, 0.2) is 25.3 Å². The van der Waals surface area contributed by atoms with Crippen molar-refractivity contribution in [3.05, 3.63) is 31.5 Å². The molecule has 0 saturated heterocycles. The van der Waals surface area contributed by atoms with Gasteiger partial charge in [0.1, 0.15) is 30.7 Å². The topological polar surface area (TPSA) is 462 Å². The third kappa shape index (κ3) is 23.4. The van der Waals surface area contributed by atoms with E-state index in [4.69, 9.17) is 22.9 Å². The third-order valence-corrected chi connectivity index (χ3v) is 10.2. The average Bonchev–Trinajstić information content (AvgIpc) is 3.27. The third-order valence-electron chi connectivity index (χ3n) is 9.67. The van der Waals surface area contributed by atoms with Crippen molar-refractivity contribution < 1.29 is 53.4 Å². The van der Waals surface area contributed by atoms with Crippen LogP contribution in [0.25, 0.3) is 0 Å². The molecule has 0 aliphatic carbocycles. The number of rotatable bonds is 32. The van der Waals surface area contributed by atoms with Gasteiger partial charge in [0.05, 0.1) is 42.4 Å². The molecule has 0 aromatic carbocycles. The van der Waals surface area contributed by atoms with E-state index >= 15 is 0 Å². The van der Waals surface area contributed by atoms with Crippen molar-refractivity contribution in [3.63, 3.8) is 0 Å². The predicted molar refractivity (Wildman–Crippen MR) is 247 cm³/mol. The first kappa shape index (κ1) is 59.7. The van der Waals surface area contributed by atoms with E-state index in [-0.39, 0.29) is 61.4 Å². The number of halogens is 1. The first-order chi connectivity index (χ1) is 32.0. The molecule has 1 heterocycles. The highest BCUT2D eigenvalue weighted by Crippen LogP contribution is 2.07. The zero-order valence-corrected chi connectivity index (χ0v) is 39.8. The summed E-state index contributed by atoms with van der Waals surface area (Å²) in [6.45, 7) is 1.60. The Kier molecular flexibility index (Phi) is 27.8. The maximum Gasteiger partial charge on any atom is 0.328 e. The van der Waals surface area contributed by atoms with E-state index in [2.05, 4.69) is 63.5 Å². The zero-order valence-electron chi connectivity index (χ0n) is 38.2. The van der Waals surface area contributed by atoms with Gasteiger partial charge in [-0.2, -0.15) is 0 Å². The molecule has 0 spiro atoms. The molecule has 0 fully saturated rings. The Bertz CT molecular complexity index is 2040. The number of H-pyrrole nitrogens is 1. The van der Waals surface area contributed by atoms with Crippen molar-refractivity contribution in [1.29, 1.82) is 0 Å². The molecule has 1 aromatic rings. The number of carbonyl (C=O) groups excluding carboxylic acids is 9. The van der Waals surface area contributed by atoms with E-state index in [0.29, 0.717) is 25.8 Å². The SMILES string of the molecule is CC(=O)[C@H](CCCCN)NC(=O)CNC(=O)CNC(=O)[C@@H](NC(=O)[C@H](CO)NC(=O)[C@H](CCCCNC(=O)Cn1cc(Br)c(=O)[nH]c1=O)NC(=O)[C@H](CCCN=C(N)N)NC(=O)[C@H](C)N)[C@@H](C)O. The van der Waals surface area contributed by atoms with Crippen LogP contribution in [-0.2, 0) is 49.7 Å². The van der Waals surface area contributed by atoms with Crippen LogP contribution in [0, 0.1) is 0 Å². The number of ketones is 1. The maximum absolute atomic E-state index is 13.8. The number of Topliss-reactive ketones (excluding diaryl/α,β-unsaturated/α-hetero) is 1. The molecule has 0 unspecified atom stereocenters. The summed E-state index contributed by atoms with van der Waals surface area (Å²) in [5.41, 5.74) is 20.4. The Morgan fingerprint density at radius 2 is 1.28 bits per heavy atom. The molecule has 0 aliphatic rings. The van der Waals surface area contributed by atoms with Crippen molar-refractivity contribution >= 4 is 74.9 Å².